The predicted molar refractivity (Wildman–Crippen MR) is 82.0 cm³/mol. The van der Waals surface area contributed by atoms with Crippen LogP contribution in [0, 0.1) is 6.92 Å². The molecule has 6 nitrogen and oxygen atoms in total. The molecule has 0 radical (unpaired) electrons. The summed E-state index contributed by atoms with van der Waals surface area (Å²) < 4.78 is 31.0. The van der Waals surface area contributed by atoms with E-state index in [0.717, 1.165) is 36.8 Å². The Morgan fingerprint density at radius 1 is 1.43 bits per heavy atom. The summed E-state index contributed by atoms with van der Waals surface area (Å²) in [5, 5.41) is 3.06. The van der Waals surface area contributed by atoms with E-state index in [1.807, 2.05) is 12.3 Å². The molecular formula is C13H21N3O3S2. The highest BCUT2D eigenvalue weighted by Gasteiger charge is 2.29. The first-order chi connectivity index (χ1) is 10.0. The summed E-state index contributed by atoms with van der Waals surface area (Å²) in [5.41, 5.74) is 1.03. The number of ether oxygens (including phenoxy) is 1. The van der Waals surface area contributed by atoms with Gasteiger partial charge in [-0.25, -0.2) is 17.7 Å². The molecule has 0 amide bonds. The first kappa shape index (κ1) is 15.4. The number of rotatable bonds is 4. The second-order valence-corrected chi connectivity index (χ2v) is 8.53. The first-order valence-electron chi connectivity index (χ1n) is 7.28. The number of aryl methyl sites for hydroxylation is 1. The molecular weight excluding hydrogens is 310 g/mol. The molecule has 1 atom stereocenters. The lowest BCUT2D eigenvalue weighted by Gasteiger charge is -2.32. The van der Waals surface area contributed by atoms with Gasteiger partial charge in [-0.1, -0.05) is 0 Å². The van der Waals surface area contributed by atoms with E-state index >= 15 is 0 Å². The molecule has 0 aromatic carbocycles. The van der Waals surface area contributed by atoms with E-state index in [4.69, 9.17) is 4.74 Å². The number of nitrogens with zero attached hydrogens (tertiary/aromatic N) is 3. The molecule has 2 aliphatic heterocycles. The van der Waals surface area contributed by atoms with Crippen molar-refractivity contribution in [3.63, 3.8) is 0 Å². The summed E-state index contributed by atoms with van der Waals surface area (Å²) in [6, 6.07) is 0. The van der Waals surface area contributed by atoms with Crippen molar-refractivity contribution >= 4 is 21.4 Å². The third-order valence-electron chi connectivity index (χ3n) is 3.93. The Kier molecular flexibility index (Phi) is 4.60. The van der Waals surface area contributed by atoms with Gasteiger partial charge >= 0.3 is 0 Å². The molecule has 2 aliphatic rings. The van der Waals surface area contributed by atoms with Crippen molar-refractivity contribution in [2.75, 3.05) is 45.1 Å². The molecule has 0 spiro atoms. The third-order valence-corrected chi connectivity index (χ3v) is 6.94. The van der Waals surface area contributed by atoms with Crippen molar-refractivity contribution in [2.45, 2.75) is 19.4 Å². The zero-order valence-electron chi connectivity index (χ0n) is 12.2. The molecule has 0 aliphatic carbocycles. The number of aromatic nitrogens is 1. The maximum absolute atomic E-state index is 11.8. The van der Waals surface area contributed by atoms with Gasteiger partial charge in [0, 0.05) is 43.8 Å². The lowest BCUT2D eigenvalue weighted by molar-refractivity contribution is -0.0307. The van der Waals surface area contributed by atoms with Gasteiger partial charge in [-0.05, 0) is 13.3 Å². The van der Waals surface area contributed by atoms with Crippen LogP contribution in [0.25, 0.3) is 0 Å². The highest BCUT2D eigenvalue weighted by Crippen LogP contribution is 2.25. The number of sulfonamides is 1. The maximum atomic E-state index is 11.8. The lowest BCUT2D eigenvalue weighted by Crippen LogP contribution is -2.43. The van der Waals surface area contributed by atoms with E-state index in [1.165, 1.54) is 0 Å². The molecule has 0 saturated carbocycles. The smallest absolute Gasteiger partial charge is 0.214 e. The van der Waals surface area contributed by atoms with Crippen molar-refractivity contribution in [2.24, 2.45) is 0 Å². The molecule has 1 aromatic rings. The van der Waals surface area contributed by atoms with Crippen molar-refractivity contribution in [3.8, 4) is 0 Å². The molecule has 21 heavy (non-hydrogen) atoms. The Morgan fingerprint density at radius 2 is 2.29 bits per heavy atom. The van der Waals surface area contributed by atoms with Gasteiger partial charge in [-0.3, -0.25) is 4.90 Å². The van der Waals surface area contributed by atoms with Crippen LogP contribution in [-0.2, 0) is 14.8 Å². The Morgan fingerprint density at radius 3 is 2.95 bits per heavy atom. The first-order valence-corrected chi connectivity index (χ1v) is 9.77. The summed E-state index contributed by atoms with van der Waals surface area (Å²) in [4.78, 5) is 6.77. The average Bonchev–Trinajstić information content (AvgIpc) is 3.02. The van der Waals surface area contributed by atoms with Crippen LogP contribution >= 0.6 is 11.3 Å². The summed E-state index contributed by atoms with van der Waals surface area (Å²) >= 11 is 1.63. The zero-order chi connectivity index (χ0) is 14.9. The normalized spacial score (nSPS) is 27.2. The SMILES string of the molecule is Cc1csc(C2CN(CCN3CCCS3(=O)=O)CCO2)n1. The Balaban J connectivity index is 1.54. The molecule has 3 heterocycles. The van der Waals surface area contributed by atoms with E-state index < -0.39 is 10.0 Å². The Hall–Kier alpha value is -0.540. The summed E-state index contributed by atoms with van der Waals surface area (Å²) in [6.07, 6.45) is 0.777. The highest BCUT2D eigenvalue weighted by molar-refractivity contribution is 7.89. The van der Waals surface area contributed by atoms with E-state index in [0.29, 0.717) is 25.4 Å². The van der Waals surface area contributed by atoms with Crippen molar-refractivity contribution < 1.29 is 13.2 Å². The van der Waals surface area contributed by atoms with Crippen LogP contribution in [0.4, 0.5) is 0 Å². The molecule has 3 rings (SSSR count). The van der Waals surface area contributed by atoms with Gasteiger partial charge in [-0.15, -0.1) is 11.3 Å². The second-order valence-electron chi connectivity index (χ2n) is 5.56. The minimum atomic E-state index is -2.99. The van der Waals surface area contributed by atoms with Crippen LogP contribution in [-0.4, -0.2) is 67.7 Å². The standard InChI is InChI=1S/C13H21N3O3S2/c1-11-10-20-13(14-11)12-9-15(6-7-19-12)4-5-16-3-2-8-21(16,17)18/h10,12H,2-9H2,1H3. The molecule has 0 N–H and O–H groups in total. The van der Waals surface area contributed by atoms with Crippen molar-refractivity contribution in [3.05, 3.63) is 16.1 Å². The Bertz CT molecular complexity index is 587. The van der Waals surface area contributed by atoms with Crippen LogP contribution in [0.2, 0.25) is 0 Å². The number of hydrogen-bond acceptors (Lipinski definition) is 6. The van der Waals surface area contributed by atoms with Crippen molar-refractivity contribution in [1.82, 2.24) is 14.2 Å². The fraction of sp³-hybridized carbons (Fsp3) is 0.769. The van der Waals surface area contributed by atoms with Gasteiger partial charge in [-0.2, -0.15) is 0 Å². The van der Waals surface area contributed by atoms with E-state index in [-0.39, 0.29) is 6.10 Å². The van der Waals surface area contributed by atoms with Gasteiger partial charge in [0.25, 0.3) is 0 Å². The van der Waals surface area contributed by atoms with Gasteiger partial charge in [0.15, 0.2) is 0 Å². The second kappa shape index (κ2) is 6.29. The van der Waals surface area contributed by atoms with Crippen LogP contribution in [0.5, 0.6) is 0 Å². The zero-order valence-corrected chi connectivity index (χ0v) is 13.8. The minimum absolute atomic E-state index is 0.0210. The quantitative estimate of drug-likeness (QED) is 0.819. The van der Waals surface area contributed by atoms with E-state index in [1.54, 1.807) is 15.6 Å². The fourth-order valence-corrected chi connectivity index (χ4v) is 5.12. The third kappa shape index (κ3) is 3.62. The van der Waals surface area contributed by atoms with E-state index in [2.05, 4.69) is 9.88 Å². The molecule has 8 heteroatoms. The minimum Gasteiger partial charge on any atom is -0.368 e. The largest absolute Gasteiger partial charge is 0.368 e. The topological polar surface area (TPSA) is 62.7 Å². The van der Waals surface area contributed by atoms with Crippen LogP contribution in [0.15, 0.2) is 5.38 Å². The van der Waals surface area contributed by atoms with Gasteiger partial charge in [0.05, 0.1) is 12.4 Å². The van der Waals surface area contributed by atoms with Crippen LogP contribution in [0.3, 0.4) is 0 Å². The molecule has 0 bridgehead atoms. The number of thiazole rings is 1. The molecule has 2 saturated heterocycles. The molecule has 2 fully saturated rings. The van der Waals surface area contributed by atoms with Gasteiger partial charge in [0.1, 0.15) is 11.1 Å². The molecule has 1 aromatic heterocycles. The van der Waals surface area contributed by atoms with E-state index in [9.17, 15) is 8.42 Å². The van der Waals surface area contributed by atoms with Gasteiger partial charge < -0.3 is 4.74 Å². The predicted octanol–water partition coefficient (Wildman–Crippen LogP) is 0.860. The van der Waals surface area contributed by atoms with Crippen LogP contribution in [0.1, 0.15) is 23.2 Å². The highest BCUT2D eigenvalue weighted by atomic mass is 32.2. The van der Waals surface area contributed by atoms with Gasteiger partial charge in [0.2, 0.25) is 10.0 Å². The molecule has 118 valence electrons. The number of morpholine rings is 1. The summed E-state index contributed by atoms with van der Waals surface area (Å²) in [7, 11) is -2.99. The molecule has 1 unspecified atom stereocenters. The summed E-state index contributed by atoms with van der Waals surface area (Å²) in [6.45, 7) is 6.33. The summed E-state index contributed by atoms with van der Waals surface area (Å²) in [5.74, 6) is 0.303. The lowest BCUT2D eigenvalue weighted by atomic mass is 10.3. The number of hydrogen-bond donors (Lipinski definition) is 0. The van der Waals surface area contributed by atoms with Crippen molar-refractivity contribution in [1.29, 1.82) is 0 Å². The monoisotopic (exact) mass is 331 g/mol. The maximum Gasteiger partial charge on any atom is 0.214 e. The average molecular weight is 331 g/mol. The Labute approximate surface area is 129 Å². The van der Waals surface area contributed by atoms with Crippen LogP contribution < -0.4 is 0 Å². The fourth-order valence-electron chi connectivity index (χ4n) is 2.77.